The molecule has 0 radical (unpaired) electrons. The summed E-state index contributed by atoms with van der Waals surface area (Å²) in [6.07, 6.45) is 4.00. The maximum atomic E-state index is 13.1. The predicted molar refractivity (Wildman–Crippen MR) is 180 cm³/mol. The molecular formula is C37H36F2O6S3. The summed E-state index contributed by atoms with van der Waals surface area (Å²) >= 11 is 1.80. The van der Waals surface area contributed by atoms with Crippen molar-refractivity contribution in [3.63, 3.8) is 0 Å². The summed E-state index contributed by atoms with van der Waals surface area (Å²) in [5.41, 5.74) is -1.43. The van der Waals surface area contributed by atoms with Crippen LogP contribution in [0.2, 0.25) is 0 Å². The first-order valence-corrected chi connectivity index (χ1v) is 19.2. The summed E-state index contributed by atoms with van der Waals surface area (Å²) in [6.45, 7) is -0.383. The number of aliphatic hydroxyl groups is 1. The molecule has 0 aromatic heterocycles. The van der Waals surface area contributed by atoms with Gasteiger partial charge in [0.1, 0.15) is 0 Å². The molecule has 0 amide bonds. The summed E-state index contributed by atoms with van der Waals surface area (Å²) < 4.78 is 62.0. The van der Waals surface area contributed by atoms with Gasteiger partial charge >= 0.3 is 11.2 Å². The normalized spacial score (nSPS) is 24.5. The van der Waals surface area contributed by atoms with Gasteiger partial charge < -0.3 is 14.4 Å². The first kappa shape index (κ1) is 34.6. The average Bonchev–Trinajstić information content (AvgIpc) is 3.05. The van der Waals surface area contributed by atoms with Crippen LogP contribution in [0, 0.1) is 17.3 Å². The van der Waals surface area contributed by atoms with Crippen LogP contribution in [0.3, 0.4) is 0 Å². The largest absolute Gasteiger partial charge is 0.743 e. The minimum Gasteiger partial charge on any atom is -0.743 e. The molecule has 0 spiro atoms. The molecule has 4 bridgehead atoms. The van der Waals surface area contributed by atoms with Crippen LogP contribution in [-0.2, 0) is 30.5 Å². The lowest BCUT2D eigenvalue weighted by Crippen LogP contribution is -2.57. The summed E-state index contributed by atoms with van der Waals surface area (Å²) in [5, 5.41) is 5.41. The van der Waals surface area contributed by atoms with E-state index >= 15 is 0 Å². The van der Waals surface area contributed by atoms with Crippen molar-refractivity contribution in [2.75, 3.05) is 6.61 Å². The fourth-order valence-electron chi connectivity index (χ4n) is 7.77. The van der Waals surface area contributed by atoms with Crippen molar-refractivity contribution >= 4 is 38.7 Å². The second-order valence-electron chi connectivity index (χ2n) is 13.1. The number of carbonyl (C=O) groups is 1. The maximum Gasteiger partial charge on any atom is 0.428 e. The van der Waals surface area contributed by atoms with Crippen LogP contribution in [0.25, 0.3) is 0 Å². The third kappa shape index (κ3) is 7.81. The lowest BCUT2D eigenvalue weighted by molar-refractivity contribution is -0.193. The van der Waals surface area contributed by atoms with Crippen molar-refractivity contribution in [3.05, 3.63) is 115 Å². The third-order valence-corrected chi connectivity index (χ3v) is 13.2. The van der Waals surface area contributed by atoms with Crippen molar-refractivity contribution < 1.29 is 36.4 Å². The molecule has 0 heterocycles. The zero-order chi connectivity index (χ0) is 34.0. The van der Waals surface area contributed by atoms with E-state index in [4.69, 9.17) is 0 Å². The highest BCUT2D eigenvalue weighted by Crippen LogP contribution is 2.61. The summed E-state index contributed by atoms with van der Waals surface area (Å²) in [6, 6.07) is 41.1. The molecule has 11 heteroatoms. The number of halogens is 2. The van der Waals surface area contributed by atoms with Crippen molar-refractivity contribution in [2.24, 2.45) is 17.3 Å². The van der Waals surface area contributed by atoms with Gasteiger partial charge in [0.25, 0.3) is 0 Å². The standard InChI is InChI=1S/C24H19S2.C13H18F2O6S/c1-4-10-20(11-5-1)25-21-16-18-24(19-17-21)26(22-12-6-2-7-13-22)23-14-8-3-9-15-23;14-13(15,22(18,19)20)10(16)21-7-11-2-8-1-9(3-11)5-12(17,4-8)6-11/h1-19H;8-9,17H,1-7H2,(H,18,19,20)/q+1;/p-1. The molecule has 1 N–H and O–H groups in total. The number of hydrogen-bond acceptors (Lipinski definition) is 7. The number of rotatable bonds is 9. The molecule has 4 aromatic carbocycles. The van der Waals surface area contributed by atoms with Gasteiger partial charge in [0.15, 0.2) is 24.8 Å². The summed E-state index contributed by atoms with van der Waals surface area (Å²) in [4.78, 5) is 17.9. The van der Waals surface area contributed by atoms with Crippen molar-refractivity contribution in [1.82, 2.24) is 0 Å². The van der Waals surface area contributed by atoms with E-state index in [0.29, 0.717) is 32.1 Å². The third-order valence-electron chi connectivity index (χ3n) is 9.21. The Morgan fingerprint density at radius 2 is 1.25 bits per heavy atom. The minimum absolute atomic E-state index is 0.0786. The maximum absolute atomic E-state index is 13.1. The molecule has 4 aromatic rings. The highest BCUT2D eigenvalue weighted by atomic mass is 32.2. The molecule has 4 fully saturated rings. The molecule has 252 valence electrons. The molecule has 0 saturated heterocycles. The number of benzene rings is 4. The lowest BCUT2D eigenvalue weighted by atomic mass is 9.48. The van der Waals surface area contributed by atoms with Crippen LogP contribution in [-0.4, -0.2) is 41.5 Å². The highest BCUT2D eigenvalue weighted by molar-refractivity contribution is 7.99. The Balaban J connectivity index is 0.000000170. The van der Waals surface area contributed by atoms with Crippen LogP contribution < -0.4 is 0 Å². The highest BCUT2D eigenvalue weighted by Gasteiger charge is 2.58. The fraction of sp³-hybridized carbons (Fsp3) is 0.324. The molecule has 4 aliphatic rings. The van der Waals surface area contributed by atoms with Crippen molar-refractivity contribution in [1.29, 1.82) is 0 Å². The zero-order valence-corrected chi connectivity index (χ0v) is 28.5. The van der Waals surface area contributed by atoms with Gasteiger partial charge in [-0.2, -0.15) is 8.78 Å². The van der Waals surface area contributed by atoms with Crippen LogP contribution >= 0.6 is 11.8 Å². The Bertz CT molecular complexity index is 1750. The van der Waals surface area contributed by atoms with E-state index in [-0.39, 0.29) is 29.3 Å². The van der Waals surface area contributed by atoms with Crippen LogP contribution in [0.4, 0.5) is 8.78 Å². The average molecular weight is 711 g/mol. The van der Waals surface area contributed by atoms with E-state index in [1.54, 1.807) is 11.8 Å². The molecule has 48 heavy (non-hydrogen) atoms. The monoisotopic (exact) mass is 710 g/mol. The Kier molecular flexibility index (Phi) is 10.1. The van der Waals surface area contributed by atoms with Gasteiger partial charge in [0.05, 0.1) is 23.1 Å². The van der Waals surface area contributed by atoms with Crippen molar-refractivity contribution in [2.45, 2.75) is 73.9 Å². The smallest absolute Gasteiger partial charge is 0.428 e. The Morgan fingerprint density at radius 1 is 0.792 bits per heavy atom. The molecule has 8 rings (SSSR count). The van der Waals surface area contributed by atoms with Gasteiger partial charge in [-0.25, -0.2) is 13.2 Å². The fourth-order valence-corrected chi connectivity index (χ4v) is 10.9. The molecule has 2 atom stereocenters. The SMILES string of the molecule is O=C(OCC12CC3CC(CC(O)(C3)C1)C2)C(F)(F)S(=O)(=O)[O-].c1ccc(Sc2ccc([S+](c3ccccc3)c3ccccc3)cc2)cc1. The van der Waals surface area contributed by atoms with Gasteiger partial charge in [-0.3, -0.25) is 0 Å². The molecule has 2 unspecified atom stereocenters. The number of hydrogen-bond donors (Lipinski definition) is 1. The van der Waals surface area contributed by atoms with Gasteiger partial charge in [-0.05, 0) is 111 Å². The van der Waals surface area contributed by atoms with E-state index in [1.807, 2.05) is 0 Å². The molecule has 4 aliphatic carbocycles. The molecule has 4 saturated carbocycles. The van der Waals surface area contributed by atoms with E-state index in [0.717, 1.165) is 6.42 Å². The van der Waals surface area contributed by atoms with Crippen LogP contribution in [0.5, 0.6) is 0 Å². The van der Waals surface area contributed by atoms with Crippen LogP contribution in [0.1, 0.15) is 38.5 Å². The molecular weight excluding hydrogens is 675 g/mol. The van der Waals surface area contributed by atoms with Gasteiger partial charge in [-0.1, -0.05) is 66.4 Å². The Morgan fingerprint density at radius 3 is 1.73 bits per heavy atom. The Hall–Kier alpha value is -3.22. The summed E-state index contributed by atoms with van der Waals surface area (Å²) in [5.74, 6) is -1.78. The van der Waals surface area contributed by atoms with Crippen LogP contribution in [0.15, 0.2) is 140 Å². The second kappa shape index (κ2) is 14.0. The summed E-state index contributed by atoms with van der Waals surface area (Å²) in [7, 11) is -6.18. The van der Waals surface area contributed by atoms with E-state index < -0.39 is 32.4 Å². The Labute approximate surface area is 287 Å². The lowest BCUT2D eigenvalue weighted by Gasteiger charge is -2.59. The zero-order valence-electron chi connectivity index (χ0n) is 26.0. The van der Waals surface area contributed by atoms with E-state index in [9.17, 15) is 31.7 Å². The quantitative estimate of drug-likeness (QED) is 0.107. The number of ether oxygens (including phenoxy) is 1. The number of alkyl halides is 2. The van der Waals surface area contributed by atoms with Gasteiger partial charge in [-0.15, -0.1) is 0 Å². The minimum atomic E-state index is -6.10. The first-order valence-electron chi connectivity index (χ1n) is 15.8. The van der Waals surface area contributed by atoms with Crippen molar-refractivity contribution in [3.8, 4) is 0 Å². The number of esters is 1. The predicted octanol–water partition coefficient (Wildman–Crippen LogP) is 7.93. The first-order chi connectivity index (χ1) is 22.8. The van der Waals surface area contributed by atoms with E-state index in [2.05, 4.69) is 120 Å². The van der Waals surface area contributed by atoms with Gasteiger partial charge in [0.2, 0.25) is 0 Å². The molecule has 0 aliphatic heterocycles. The van der Waals surface area contributed by atoms with Gasteiger partial charge in [0, 0.05) is 15.2 Å². The second-order valence-corrected chi connectivity index (χ2v) is 17.6. The number of carbonyl (C=O) groups excluding carboxylic acids is 1. The topological polar surface area (TPSA) is 104 Å². The molecule has 6 nitrogen and oxygen atoms in total. The van der Waals surface area contributed by atoms with E-state index in [1.165, 1.54) is 24.5 Å².